The van der Waals surface area contributed by atoms with Crippen LogP contribution in [0.4, 0.5) is 0 Å². The quantitative estimate of drug-likeness (QED) is 0.107. The fraction of sp³-hybridized carbons (Fsp3) is 0.0649. The van der Waals surface area contributed by atoms with Gasteiger partial charge in [0.25, 0.3) is 6.33 Å². The number of nitrogens with zero attached hydrogens (tertiary/aromatic N) is 6. The average Bonchev–Trinajstić information content (AvgIpc) is 1.52. The van der Waals surface area contributed by atoms with Crippen LogP contribution >= 0.6 is 0 Å². The van der Waals surface area contributed by atoms with Crippen LogP contribution in [-0.2, 0) is 27.4 Å². The predicted molar refractivity (Wildman–Crippen MR) is 345 cm³/mol. The van der Waals surface area contributed by atoms with E-state index >= 15 is 0 Å². The molecule has 6 heterocycles. The standard InChI is InChI=1S/C77H52N6O2.Pt/c1-77(2,3)46-50-41-76(78-47-65(50)49-39-53(81-66-27-10-4-21-57(66)58-22-5-11-28-67(58)81)42-54(40-49)82-68-29-12-6-23-59(68)60-24-7-13-30-69(60)82)83-70-31-14-8-25-61(70)62-37-36-56(45-73(62)83)84-55-20-18-19-51(43-55)79-48-80(72-33-16-15-32-71(72)79)52-35-38-75-64(44-52)63-26-9-17-34-74(63)85-75;/h4-42,44,47H,46H2,1-3H3;/q-2;/i46D2;. The molecule has 414 valence electrons. The summed E-state index contributed by atoms with van der Waals surface area (Å²) >= 11 is 0. The van der Waals surface area contributed by atoms with Crippen LogP contribution < -0.4 is 9.30 Å². The molecule has 0 fully saturated rings. The molecule has 0 radical (unpaired) electrons. The second-order valence-electron chi connectivity index (χ2n) is 22.9. The summed E-state index contributed by atoms with van der Waals surface area (Å²) in [7, 11) is 0. The number of fused-ring (bicyclic) bond motifs is 13. The topological polar surface area (TPSA) is 58.9 Å². The zero-order valence-electron chi connectivity index (χ0n) is 49.0. The smallest absolute Gasteiger partial charge is 0.268 e. The summed E-state index contributed by atoms with van der Waals surface area (Å²) in [6.07, 6.45) is 3.65. The third kappa shape index (κ3) is 8.30. The van der Waals surface area contributed by atoms with E-state index in [-0.39, 0.29) is 21.1 Å². The van der Waals surface area contributed by atoms with Gasteiger partial charge in [0.05, 0.1) is 38.8 Å². The van der Waals surface area contributed by atoms with E-state index in [2.05, 4.69) is 201 Å². The van der Waals surface area contributed by atoms with E-state index in [1.54, 1.807) is 0 Å². The molecule has 6 aromatic heterocycles. The number of furan rings is 1. The van der Waals surface area contributed by atoms with Gasteiger partial charge >= 0.3 is 0 Å². The first-order chi connectivity index (χ1) is 42.5. The van der Waals surface area contributed by atoms with Crippen LogP contribution in [0.5, 0.6) is 11.5 Å². The second kappa shape index (κ2) is 19.9. The molecule has 0 N–H and O–H groups in total. The van der Waals surface area contributed by atoms with Crippen molar-refractivity contribution in [1.29, 1.82) is 0 Å². The van der Waals surface area contributed by atoms with Gasteiger partial charge in [-0.3, -0.25) is 4.57 Å². The fourth-order valence-corrected chi connectivity index (χ4v) is 12.9. The number of ether oxygens (including phenoxy) is 1. The van der Waals surface area contributed by atoms with Crippen LogP contribution in [0.15, 0.2) is 253 Å². The number of hydrogen-bond donors (Lipinski definition) is 0. The molecule has 17 aromatic rings. The summed E-state index contributed by atoms with van der Waals surface area (Å²) in [5, 5.41) is 8.69. The molecular formula is C77H52N6O2Pt-2. The number of para-hydroxylation sites is 8. The van der Waals surface area contributed by atoms with Crippen LogP contribution in [0, 0.1) is 23.9 Å². The van der Waals surface area contributed by atoms with Gasteiger partial charge in [-0.2, -0.15) is 18.2 Å². The number of hydrogen-bond acceptors (Lipinski definition) is 3. The van der Waals surface area contributed by atoms with Crippen molar-refractivity contribution in [3.05, 3.63) is 273 Å². The van der Waals surface area contributed by atoms with Crippen molar-refractivity contribution in [1.82, 2.24) is 23.3 Å². The molecule has 0 atom stereocenters. The third-order valence-corrected chi connectivity index (χ3v) is 16.5. The van der Waals surface area contributed by atoms with Crippen molar-refractivity contribution >= 4 is 98.4 Å². The zero-order valence-corrected chi connectivity index (χ0v) is 49.3. The Labute approximate surface area is 512 Å². The van der Waals surface area contributed by atoms with Gasteiger partial charge in [0.15, 0.2) is 0 Å². The molecule has 9 heteroatoms. The molecule has 0 unspecified atom stereocenters. The van der Waals surface area contributed by atoms with Crippen molar-refractivity contribution in [3.8, 4) is 51.2 Å². The summed E-state index contributed by atoms with van der Waals surface area (Å²) in [6.45, 7) is 5.91. The fourth-order valence-electron chi connectivity index (χ4n) is 12.9. The molecule has 0 aliphatic rings. The van der Waals surface area contributed by atoms with Crippen LogP contribution in [-0.4, -0.2) is 23.3 Å². The Morgan fingerprint density at radius 2 is 1.02 bits per heavy atom. The SMILES string of the molecule is [2H]C([2H])(c1cc(-n2c3[c-]c(Oc4[c-]c(-n5[c-][n+](-c6ccc7oc8ccccc8c7c6)c6ccccc65)ccc4)ccc3c3ccccc32)ncc1-c1cc(-n2c3ccccc3c3ccccc32)cc(-n2c3ccccc3c3ccccc32)c1)C(C)(C)C.[Pt]. The maximum Gasteiger partial charge on any atom is 0.268 e. The molecule has 0 bridgehead atoms. The molecule has 0 amide bonds. The molecule has 86 heavy (non-hydrogen) atoms. The maximum absolute atomic E-state index is 10.2. The summed E-state index contributed by atoms with van der Waals surface area (Å²) in [6, 6.07) is 90.9. The molecule has 8 nitrogen and oxygen atoms in total. The van der Waals surface area contributed by atoms with E-state index < -0.39 is 11.8 Å². The van der Waals surface area contributed by atoms with Gasteiger partial charge in [-0.15, -0.1) is 29.7 Å². The number of imidazole rings is 1. The summed E-state index contributed by atoms with van der Waals surface area (Å²) in [4.78, 5) is 5.37. The Balaban J connectivity index is 0.00000624. The van der Waals surface area contributed by atoms with Crippen molar-refractivity contribution in [2.75, 3.05) is 0 Å². The molecule has 17 rings (SSSR count). The van der Waals surface area contributed by atoms with Crippen molar-refractivity contribution in [2.45, 2.75) is 27.1 Å². The minimum atomic E-state index is -1.86. The number of aromatic nitrogens is 6. The number of rotatable bonds is 9. The van der Waals surface area contributed by atoms with Crippen molar-refractivity contribution < 1.29 is 37.5 Å². The Hall–Kier alpha value is -10.3. The van der Waals surface area contributed by atoms with Gasteiger partial charge in [0, 0.05) is 96.3 Å². The molecule has 0 aliphatic heterocycles. The molecule has 0 aliphatic carbocycles. The van der Waals surface area contributed by atoms with Gasteiger partial charge in [-0.25, -0.2) is 4.98 Å². The Kier molecular flexibility index (Phi) is 11.4. The monoisotopic (exact) mass is 1290 g/mol. The predicted octanol–water partition coefficient (Wildman–Crippen LogP) is 18.9. The first-order valence-electron chi connectivity index (χ1n) is 29.7. The summed E-state index contributed by atoms with van der Waals surface area (Å²) < 4.78 is 44.3. The molecule has 0 spiro atoms. The number of pyridine rings is 1. The van der Waals surface area contributed by atoms with Gasteiger partial charge in [-0.05, 0) is 113 Å². The van der Waals surface area contributed by atoms with E-state index in [0.717, 1.165) is 127 Å². The first-order valence-corrected chi connectivity index (χ1v) is 28.7. The zero-order chi connectivity index (χ0) is 58.3. The van der Waals surface area contributed by atoms with Gasteiger partial charge in [0.2, 0.25) is 0 Å². The van der Waals surface area contributed by atoms with Gasteiger partial charge in [0.1, 0.15) is 17.0 Å². The maximum atomic E-state index is 10.2. The van der Waals surface area contributed by atoms with Crippen molar-refractivity contribution in [3.63, 3.8) is 0 Å². The van der Waals surface area contributed by atoms with E-state index in [0.29, 0.717) is 28.4 Å². The van der Waals surface area contributed by atoms with Crippen LogP contribution in [0.1, 0.15) is 29.1 Å². The van der Waals surface area contributed by atoms with Crippen molar-refractivity contribution in [2.24, 2.45) is 5.41 Å². The minimum Gasteiger partial charge on any atom is -0.510 e. The first kappa shape index (κ1) is 49.2. The van der Waals surface area contributed by atoms with E-state index in [1.807, 2.05) is 110 Å². The van der Waals surface area contributed by atoms with Gasteiger partial charge in [-0.1, -0.05) is 160 Å². The van der Waals surface area contributed by atoms with Crippen LogP contribution in [0.2, 0.25) is 0 Å². The van der Waals surface area contributed by atoms with E-state index in [4.69, 9.17) is 14.1 Å². The Morgan fingerprint density at radius 1 is 0.488 bits per heavy atom. The second-order valence-corrected chi connectivity index (χ2v) is 22.9. The van der Waals surface area contributed by atoms with E-state index in [1.165, 1.54) is 0 Å². The Morgan fingerprint density at radius 3 is 1.65 bits per heavy atom. The Bertz CT molecular complexity index is 5440. The van der Waals surface area contributed by atoms with E-state index in [9.17, 15) is 2.74 Å². The summed E-state index contributed by atoms with van der Waals surface area (Å²) in [5.41, 5.74) is 14.4. The van der Waals surface area contributed by atoms with Gasteiger partial charge < -0.3 is 27.4 Å². The molecule has 0 saturated heterocycles. The van der Waals surface area contributed by atoms with Crippen LogP contribution in [0.25, 0.3) is 138 Å². The minimum absolute atomic E-state index is 0. The number of benzene rings is 11. The normalized spacial score (nSPS) is 12.6. The molecule has 0 saturated carbocycles. The third-order valence-electron chi connectivity index (χ3n) is 16.5. The molecule has 11 aromatic carbocycles. The average molecular weight is 1290 g/mol. The summed E-state index contributed by atoms with van der Waals surface area (Å²) in [5.74, 6) is 1.54. The molecular weight excluding hydrogens is 1240 g/mol. The largest absolute Gasteiger partial charge is 0.510 e. The van der Waals surface area contributed by atoms with Crippen LogP contribution in [0.3, 0.4) is 0 Å².